The molecule has 2 aromatic heterocycles. The molecule has 0 saturated heterocycles. The van der Waals surface area contributed by atoms with Gasteiger partial charge in [-0.15, -0.1) is 11.8 Å². The van der Waals surface area contributed by atoms with E-state index in [1.54, 1.807) is 29.5 Å². The smallest absolute Gasteiger partial charge is 0.371 e. The number of rotatable bonds is 3. The van der Waals surface area contributed by atoms with E-state index in [-0.39, 0.29) is 5.52 Å². The van der Waals surface area contributed by atoms with Gasteiger partial charge in [0.1, 0.15) is 16.7 Å². The Morgan fingerprint density at radius 1 is 1.42 bits per heavy atom. The van der Waals surface area contributed by atoms with Gasteiger partial charge in [0.2, 0.25) is 0 Å². The highest BCUT2D eigenvalue weighted by Gasteiger charge is 2.33. The molecule has 1 aliphatic heterocycles. The first kappa shape index (κ1) is 17.2. The molecule has 9 heteroatoms. The molecule has 0 aliphatic carbocycles. The second-order valence-corrected chi connectivity index (χ2v) is 6.93. The van der Waals surface area contributed by atoms with Crippen molar-refractivity contribution in [2.24, 2.45) is 7.05 Å². The van der Waals surface area contributed by atoms with Crippen molar-refractivity contribution >= 4 is 40.0 Å². The lowest BCUT2D eigenvalue weighted by atomic mass is 10.2. The summed E-state index contributed by atoms with van der Waals surface area (Å²) in [6, 6.07) is 0.971. The van der Waals surface area contributed by atoms with Crippen LogP contribution in [0.5, 0.6) is 0 Å². The lowest BCUT2D eigenvalue weighted by molar-refractivity contribution is -0.141. The first-order valence-electron chi connectivity index (χ1n) is 7.18. The lowest BCUT2D eigenvalue weighted by Crippen LogP contribution is -2.18. The maximum atomic E-state index is 12.8. The van der Waals surface area contributed by atoms with E-state index in [0.717, 1.165) is 22.3 Å². The zero-order valence-corrected chi connectivity index (χ0v) is 14.5. The Hall–Kier alpha value is -1.67. The molecule has 3 rings (SSSR count). The van der Waals surface area contributed by atoms with Crippen molar-refractivity contribution in [1.82, 2.24) is 19.9 Å². The second-order valence-electron chi connectivity index (χ2n) is 5.17. The van der Waals surface area contributed by atoms with E-state index in [4.69, 9.17) is 11.6 Å². The van der Waals surface area contributed by atoms with Crippen LogP contribution in [0.1, 0.15) is 18.4 Å². The fraction of sp³-hybridized carbons (Fsp3) is 0.333. The van der Waals surface area contributed by atoms with Crippen molar-refractivity contribution < 1.29 is 13.2 Å². The number of aryl methyl sites for hydroxylation is 1. The zero-order valence-electron chi connectivity index (χ0n) is 12.9. The third kappa shape index (κ3) is 3.12. The Morgan fingerprint density at radius 3 is 2.83 bits per heavy atom. The van der Waals surface area contributed by atoms with Gasteiger partial charge in [-0.3, -0.25) is 0 Å². The number of aromatic nitrogens is 3. The average Bonchev–Trinajstić information content (AvgIpc) is 2.85. The number of nitrogens with zero attached hydrogens (tertiary/aromatic N) is 3. The predicted molar refractivity (Wildman–Crippen MR) is 90.5 cm³/mol. The normalized spacial score (nSPS) is 15.7. The summed E-state index contributed by atoms with van der Waals surface area (Å²) in [7, 11) is 1.75. The van der Waals surface area contributed by atoms with Gasteiger partial charge in [-0.1, -0.05) is 18.5 Å². The first-order valence-corrected chi connectivity index (χ1v) is 8.54. The standard InChI is InChI=1S/C15H14ClF3N4S/c1-3-24-11-7-21-13(16)4-8(11)14-22-9-5-12(15(17,18)19)20-6-10(9)23(14)2/h4-6,21H,3,7H2,1-2H3. The molecule has 1 N–H and O–H groups in total. The number of alkyl halides is 3. The number of nitrogens with one attached hydrogen (secondary N) is 1. The minimum Gasteiger partial charge on any atom is -0.371 e. The molecule has 0 fully saturated rings. The molecule has 0 spiro atoms. The summed E-state index contributed by atoms with van der Waals surface area (Å²) in [6.45, 7) is 2.60. The van der Waals surface area contributed by atoms with Gasteiger partial charge in [0.15, 0.2) is 0 Å². The molecule has 0 unspecified atom stereocenters. The number of pyridine rings is 1. The van der Waals surface area contributed by atoms with E-state index in [0.29, 0.717) is 23.0 Å². The first-order chi connectivity index (χ1) is 11.3. The van der Waals surface area contributed by atoms with Crippen molar-refractivity contribution in [1.29, 1.82) is 0 Å². The highest BCUT2D eigenvalue weighted by molar-refractivity contribution is 8.03. The molecular weight excluding hydrogens is 361 g/mol. The van der Waals surface area contributed by atoms with Crippen LogP contribution in [0.3, 0.4) is 0 Å². The van der Waals surface area contributed by atoms with Crippen LogP contribution in [-0.4, -0.2) is 26.8 Å². The molecule has 0 saturated carbocycles. The number of halogens is 4. The predicted octanol–water partition coefficient (Wildman–Crippen LogP) is 4.13. The molecule has 128 valence electrons. The van der Waals surface area contributed by atoms with Crippen LogP contribution in [0.2, 0.25) is 0 Å². The molecule has 3 heterocycles. The summed E-state index contributed by atoms with van der Waals surface area (Å²) in [6.07, 6.45) is -1.54. The van der Waals surface area contributed by atoms with Gasteiger partial charge in [0.25, 0.3) is 0 Å². The minimum absolute atomic E-state index is 0.256. The van der Waals surface area contributed by atoms with Crippen molar-refractivity contribution in [2.75, 3.05) is 12.3 Å². The number of thioether (sulfide) groups is 1. The Kier molecular flexibility index (Phi) is 4.52. The molecule has 2 aromatic rings. The van der Waals surface area contributed by atoms with Crippen molar-refractivity contribution in [3.8, 4) is 0 Å². The molecular formula is C15H14ClF3N4S. The van der Waals surface area contributed by atoms with Crippen LogP contribution in [0.4, 0.5) is 13.2 Å². The highest BCUT2D eigenvalue weighted by atomic mass is 35.5. The maximum Gasteiger partial charge on any atom is 0.433 e. The van der Waals surface area contributed by atoms with Gasteiger partial charge in [-0.25, -0.2) is 9.97 Å². The number of fused-ring (bicyclic) bond motifs is 1. The zero-order chi connectivity index (χ0) is 17.5. The van der Waals surface area contributed by atoms with E-state index < -0.39 is 11.9 Å². The van der Waals surface area contributed by atoms with Gasteiger partial charge in [-0.2, -0.15) is 13.2 Å². The van der Waals surface area contributed by atoms with Crippen LogP contribution in [0.15, 0.2) is 28.4 Å². The summed E-state index contributed by atoms with van der Waals surface area (Å²) < 4.78 is 40.3. The highest BCUT2D eigenvalue weighted by Crippen LogP contribution is 2.34. The largest absolute Gasteiger partial charge is 0.433 e. The lowest BCUT2D eigenvalue weighted by Gasteiger charge is -2.18. The Bertz CT molecular complexity index is 850. The maximum absolute atomic E-state index is 12.8. The summed E-state index contributed by atoms with van der Waals surface area (Å²) in [5, 5.41) is 3.53. The summed E-state index contributed by atoms with van der Waals surface area (Å²) in [5.41, 5.74) is 0.661. The van der Waals surface area contributed by atoms with E-state index in [1.165, 1.54) is 6.20 Å². The van der Waals surface area contributed by atoms with E-state index in [9.17, 15) is 13.2 Å². The van der Waals surface area contributed by atoms with Gasteiger partial charge in [-0.05, 0) is 17.9 Å². The SMILES string of the molecule is CCSC1=C(c2nc3cc(C(F)(F)F)ncc3n2C)C=C(Cl)NC1. The fourth-order valence-electron chi connectivity index (χ4n) is 2.50. The van der Waals surface area contributed by atoms with Crippen molar-refractivity contribution in [3.63, 3.8) is 0 Å². The average molecular weight is 375 g/mol. The summed E-state index contributed by atoms with van der Waals surface area (Å²) in [5.74, 6) is 1.44. The topological polar surface area (TPSA) is 42.7 Å². The van der Waals surface area contributed by atoms with Crippen molar-refractivity contribution in [2.45, 2.75) is 13.1 Å². The summed E-state index contributed by atoms with van der Waals surface area (Å²) in [4.78, 5) is 8.95. The quantitative estimate of drug-likeness (QED) is 0.820. The Labute approximate surface area is 145 Å². The number of allylic oxidation sites excluding steroid dienone is 2. The van der Waals surface area contributed by atoms with E-state index >= 15 is 0 Å². The molecule has 0 aromatic carbocycles. The van der Waals surface area contributed by atoms with Gasteiger partial charge >= 0.3 is 6.18 Å². The Morgan fingerprint density at radius 2 is 2.17 bits per heavy atom. The molecule has 1 aliphatic rings. The van der Waals surface area contributed by atoms with Crippen molar-refractivity contribution in [3.05, 3.63) is 39.9 Å². The number of hydrogen-bond donors (Lipinski definition) is 1. The van der Waals surface area contributed by atoms with E-state index in [1.807, 2.05) is 6.92 Å². The Balaban J connectivity index is 2.17. The number of dihydropyridines is 1. The third-order valence-electron chi connectivity index (χ3n) is 3.61. The molecule has 0 radical (unpaired) electrons. The summed E-state index contributed by atoms with van der Waals surface area (Å²) >= 11 is 7.72. The van der Waals surface area contributed by atoms with Gasteiger partial charge < -0.3 is 9.88 Å². The molecule has 4 nitrogen and oxygen atoms in total. The van der Waals surface area contributed by atoms with Gasteiger partial charge in [0, 0.05) is 24.1 Å². The molecule has 0 amide bonds. The third-order valence-corrected chi connectivity index (χ3v) is 4.85. The fourth-order valence-corrected chi connectivity index (χ4v) is 3.50. The monoisotopic (exact) mass is 374 g/mol. The van der Waals surface area contributed by atoms with Crippen LogP contribution in [0.25, 0.3) is 16.6 Å². The molecule has 24 heavy (non-hydrogen) atoms. The number of hydrogen-bond acceptors (Lipinski definition) is 4. The molecule has 0 bridgehead atoms. The molecule has 0 atom stereocenters. The van der Waals surface area contributed by atoms with Crippen LogP contribution in [0, 0.1) is 0 Å². The second kappa shape index (κ2) is 6.33. The van der Waals surface area contributed by atoms with Crippen LogP contribution in [-0.2, 0) is 13.2 Å². The van der Waals surface area contributed by atoms with E-state index in [2.05, 4.69) is 15.3 Å². The number of imidazole rings is 1. The van der Waals surface area contributed by atoms with Crippen LogP contribution < -0.4 is 5.32 Å². The van der Waals surface area contributed by atoms with Gasteiger partial charge in [0.05, 0.1) is 17.2 Å². The minimum atomic E-state index is -4.49. The van der Waals surface area contributed by atoms with Crippen LogP contribution >= 0.6 is 23.4 Å².